The van der Waals surface area contributed by atoms with Crippen molar-refractivity contribution < 1.29 is 35.9 Å². The van der Waals surface area contributed by atoms with Crippen molar-refractivity contribution in [1.29, 1.82) is 0 Å². The molecule has 1 heterocycles. The van der Waals surface area contributed by atoms with E-state index in [1.54, 1.807) is 6.92 Å². The molecule has 0 fully saturated rings. The van der Waals surface area contributed by atoms with Crippen molar-refractivity contribution >= 4 is 29.3 Å². The van der Waals surface area contributed by atoms with Gasteiger partial charge in [-0.25, -0.2) is 0 Å². The van der Waals surface area contributed by atoms with E-state index in [9.17, 15) is 35.9 Å². The number of halogens is 6. The molecule has 2 amide bonds. The number of aromatic nitrogens is 3. The van der Waals surface area contributed by atoms with E-state index in [4.69, 9.17) is 11.5 Å². The van der Waals surface area contributed by atoms with Crippen LogP contribution in [0.15, 0.2) is 18.2 Å². The van der Waals surface area contributed by atoms with Crippen molar-refractivity contribution in [2.24, 2.45) is 11.5 Å². The first-order chi connectivity index (χ1) is 14.2. The summed E-state index contributed by atoms with van der Waals surface area (Å²) in [6, 6.07) is 0.192. The second-order valence-electron chi connectivity index (χ2n) is 6.09. The predicted molar refractivity (Wildman–Crippen MR) is 95.0 cm³/mol. The Morgan fingerprint density at radius 1 is 1.03 bits per heavy atom. The molecular formula is C16H15F6N7O2. The van der Waals surface area contributed by atoms with Crippen molar-refractivity contribution in [3.8, 4) is 0 Å². The fraction of sp³-hybridized carbons (Fsp3) is 0.312. The summed E-state index contributed by atoms with van der Waals surface area (Å²) in [6.07, 6.45) is -10.4. The number of hydrogen-bond acceptors (Lipinski definition) is 7. The molecule has 0 radical (unpaired) electrons. The van der Waals surface area contributed by atoms with Crippen molar-refractivity contribution in [1.82, 2.24) is 15.2 Å². The first-order valence-electron chi connectivity index (χ1n) is 8.39. The summed E-state index contributed by atoms with van der Waals surface area (Å²) in [5.41, 5.74) is 5.36. The molecular weight excluding hydrogens is 436 g/mol. The van der Waals surface area contributed by atoms with Crippen LogP contribution in [0.1, 0.15) is 35.0 Å². The van der Waals surface area contributed by atoms with Gasteiger partial charge < -0.3 is 22.1 Å². The highest BCUT2D eigenvalue weighted by atomic mass is 19.4. The summed E-state index contributed by atoms with van der Waals surface area (Å²) in [5.74, 6) is -2.77. The fourth-order valence-corrected chi connectivity index (χ4v) is 2.41. The SMILES string of the molecule is CC[C@@H](Nc1nnc(C(N)=O)c(Nc2ccc(C(F)(F)F)c(C(F)(F)F)c2)n1)C(N)=O. The van der Waals surface area contributed by atoms with Gasteiger partial charge in [-0.3, -0.25) is 9.59 Å². The van der Waals surface area contributed by atoms with Crippen molar-refractivity contribution in [2.45, 2.75) is 31.7 Å². The Morgan fingerprint density at radius 3 is 2.13 bits per heavy atom. The molecule has 0 aliphatic heterocycles. The molecule has 1 atom stereocenters. The Balaban J connectivity index is 2.50. The summed E-state index contributed by atoms with van der Waals surface area (Å²) in [7, 11) is 0. The number of primary amides is 2. The van der Waals surface area contributed by atoms with Crippen LogP contribution in [0.2, 0.25) is 0 Å². The molecule has 0 unspecified atom stereocenters. The van der Waals surface area contributed by atoms with Gasteiger partial charge in [-0.15, -0.1) is 10.2 Å². The van der Waals surface area contributed by atoms with E-state index in [-0.39, 0.29) is 24.5 Å². The number of anilines is 3. The minimum atomic E-state index is -5.32. The Morgan fingerprint density at radius 2 is 1.65 bits per heavy atom. The van der Waals surface area contributed by atoms with E-state index < -0.39 is 58.5 Å². The predicted octanol–water partition coefficient (Wildman–Crippen LogP) is 2.43. The number of benzene rings is 1. The number of amides is 2. The molecule has 0 saturated heterocycles. The van der Waals surface area contributed by atoms with Gasteiger partial charge in [-0.1, -0.05) is 6.92 Å². The maximum Gasteiger partial charge on any atom is 0.417 e. The lowest BCUT2D eigenvalue weighted by Crippen LogP contribution is -2.35. The van der Waals surface area contributed by atoms with E-state index >= 15 is 0 Å². The minimum absolute atomic E-state index is 0.195. The molecule has 0 aliphatic rings. The smallest absolute Gasteiger partial charge is 0.368 e. The average molecular weight is 451 g/mol. The van der Waals surface area contributed by atoms with Gasteiger partial charge in [0.2, 0.25) is 11.9 Å². The number of carbonyl (C=O) groups excluding carboxylic acids is 2. The molecule has 0 bridgehead atoms. The molecule has 1 aromatic carbocycles. The Labute approximate surface area is 170 Å². The van der Waals surface area contributed by atoms with Gasteiger partial charge in [-0.2, -0.15) is 31.3 Å². The minimum Gasteiger partial charge on any atom is -0.368 e. The summed E-state index contributed by atoms with van der Waals surface area (Å²) in [6.45, 7) is 1.60. The van der Waals surface area contributed by atoms with Crippen LogP contribution in [0.25, 0.3) is 0 Å². The first kappa shape index (κ1) is 23.6. The molecule has 1 aromatic heterocycles. The van der Waals surface area contributed by atoms with Gasteiger partial charge in [0.1, 0.15) is 6.04 Å². The van der Waals surface area contributed by atoms with E-state index in [1.165, 1.54) is 0 Å². The molecule has 0 spiro atoms. The third kappa shape index (κ3) is 5.70. The molecule has 2 rings (SSSR count). The lowest BCUT2D eigenvalue weighted by molar-refractivity contribution is -0.162. The largest absolute Gasteiger partial charge is 0.417 e. The van der Waals surface area contributed by atoms with Crippen molar-refractivity contribution in [3.05, 3.63) is 35.0 Å². The van der Waals surface area contributed by atoms with E-state index in [0.29, 0.717) is 6.07 Å². The number of nitrogens with two attached hydrogens (primary N) is 2. The number of carbonyl (C=O) groups is 2. The van der Waals surface area contributed by atoms with Crippen molar-refractivity contribution in [3.63, 3.8) is 0 Å². The van der Waals surface area contributed by atoms with Crippen LogP contribution in [-0.2, 0) is 17.1 Å². The highest BCUT2D eigenvalue weighted by Crippen LogP contribution is 2.41. The van der Waals surface area contributed by atoms with Crippen LogP contribution in [0, 0.1) is 0 Å². The second kappa shape index (κ2) is 8.61. The number of nitrogens with zero attached hydrogens (tertiary/aromatic N) is 3. The average Bonchev–Trinajstić information content (AvgIpc) is 2.64. The molecule has 6 N–H and O–H groups in total. The highest BCUT2D eigenvalue weighted by molar-refractivity contribution is 5.96. The normalized spacial score (nSPS) is 12.9. The molecule has 0 aliphatic carbocycles. The summed E-state index contributed by atoms with van der Waals surface area (Å²) >= 11 is 0. The van der Waals surface area contributed by atoms with E-state index in [2.05, 4.69) is 25.8 Å². The van der Waals surface area contributed by atoms with E-state index in [0.717, 1.165) is 0 Å². The molecule has 9 nitrogen and oxygen atoms in total. The molecule has 0 saturated carbocycles. The Bertz CT molecular complexity index is 993. The fourth-order valence-electron chi connectivity index (χ4n) is 2.41. The zero-order valence-electron chi connectivity index (χ0n) is 15.6. The van der Waals surface area contributed by atoms with Crippen LogP contribution in [0.5, 0.6) is 0 Å². The van der Waals surface area contributed by atoms with Gasteiger partial charge in [-0.05, 0) is 24.6 Å². The molecule has 31 heavy (non-hydrogen) atoms. The third-order valence-electron chi connectivity index (χ3n) is 3.87. The van der Waals surface area contributed by atoms with Gasteiger partial charge in [0.25, 0.3) is 5.91 Å². The maximum atomic E-state index is 13.1. The van der Waals surface area contributed by atoms with Gasteiger partial charge >= 0.3 is 12.4 Å². The number of nitrogens with one attached hydrogen (secondary N) is 2. The quantitative estimate of drug-likeness (QED) is 0.473. The molecule has 168 valence electrons. The van der Waals surface area contributed by atoms with Gasteiger partial charge in [0.15, 0.2) is 11.5 Å². The third-order valence-corrected chi connectivity index (χ3v) is 3.87. The first-order valence-corrected chi connectivity index (χ1v) is 8.39. The second-order valence-corrected chi connectivity index (χ2v) is 6.09. The van der Waals surface area contributed by atoms with Gasteiger partial charge in [0, 0.05) is 5.69 Å². The number of rotatable bonds is 7. The van der Waals surface area contributed by atoms with Crippen LogP contribution in [0.4, 0.5) is 43.8 Å². The zero-order chi connectivity index (χ0) is 23.6. The summed E-state index contributed by atoms with van der Waals surface area (Å²) < 4.78 is 78.2. The standard InChI is InChI=1S/C16H15F6N7O2/c1-2-9(11(23)30)26-14-27-13(10(12(24)31)28-29-14)25-6-3-4-7(15(17,18)19)8(5-6)16(20,21)22/h3-5,9H,2H2,1H3,(H2,23,30)(H2,24,31)(H2,25,26,27,29)/t9-/m1/s1. The van der Waals surface area contributed by atoms with Crippen LogP contribution < -0.4 is 22.1 Å². The van der Waals surface area contributed by atoms with Gasteiger partial charge in [0.05, 0.1) is 11.1 Å². The monoisotopic (exact) mass is 451 g/mol. The van der Waals surface area contributed by atoms with Crippen LogP contribution >= 0.6 is 0 Å². The Hall–Kier alpha value is -3.65. The van der Waals surface area contributed by atoms with Crippen molar-refractivity contribution in [2.75, 3.05) is 10.6 Å². The van der Waals surface area contributed by atoms with Crippen LogP contribution in [0.3, 0.4) is 0 Å². The Kier molecular flexibility index (Phi) is 6.56. The summed E-state index contributed by atoms with van der Waals surface area (Å²) in [4.78, 5) is 26.7. The number of hydrogen-bond donors (Lipinski definition) is 4. The highest BCUT2D eigenvalue weighted by Gasteiger charge is 2.43. The maximum absolute atomic E-state index is 13.1. The lowest BCUT2D eigenvalue weighted by atomic mass is 10.1. The van der Waals surface area contributed by atoms with Crippen LogP contribution in [-0.4, -0.2) is 33.0 Å². The zero-order valence-corrected chi connectivity index (χ0v) is 15.6. The topological polar surface area (TPSA) is 149 Å². The van der Waals surface area contributed by atoms with E-state index in [1.807, 2.05) is 0 Å². The number of alkyl halides is 6. The molecule has 15 heteroatoms. The summed E-state index contributed by atoms with van der Waals surface area (Å²) in [5, 5.41) is 11.8. The molecule has 2 aromatic rings. The lowest BCUT2D eigenvalue weighted by Gasteiger charge is -2.18.